The molecule has 0 aliphatic heterocycles. The van der Waals surface area contributed by atoms with Gasteiger partial charge < -0.3 is 17.2 Å². The van der Waals surface area contributed by atoms with Crippen molar-refractivity contribution < 1.29 is 0 Å². The van der Waals surface area contributed by atoms with E-state index in [1.807, 2.05) is 13.8 Å². The minimum Gasteiger partial charge on any atom is -0.330 e. The molecule has 0 spiro atoms. The van der Waals surface area contributed by atoms with Gasteiger partial charge in [0.25, 0.3) is 0 Å². The van der Waals surface area contributed by atoms with Crippen LogP contribution in [0.4, 0.5) is 0 Å². The fourth-order valence-corrected chi connectivity index (χ4v) is 0.710. The van der Waals surface area contributed by atoms with Gasteiger partial charge in [0, 0.05) is 11.6 Å². The minimum absolute atomic E-state index is 0.0658. The third-order valence-corrected chi connectivity index (χ3v) is 1.67. The zero-order chi connectivity index (χ0) is 8.20. The van der Waals surface area contributed by atoms with Crippen molar-refractivity contribution in [3.63, 3.8) is 0 Å². The summed E-state index contributed by atoms with van der Waals surface area (Å²) in [6, 6.07) is 0.0658. The van der Waals surface area contributed by atoms with Gasteiger partial charge in [0.1, 0.15) is 0 Å². The minimum atomic E-state index is -0.269. The molecule has 0 heterocycles. The van der Waals surface area contributed by atoms with Gasteiger partial charge in [-0.15, -0.1) is 0 Å². The summed E-state index contributed by atoms with van der Waals surface area (Å²) in [5, 5.41) is 0. The van der Waals surface area contributed by atoms with E-state index < -0.39 is 0 Å². The topological polar surface area (TPSA) is 78.1 Å². The largest absolute Gasteiger partial charge is 0.330 e. The third kappa shape index (κ3) is 3.82. The molecule has 62 valence electrons. The lowest BCUT2D eigenvalue weighted by Crippen LogP contribution is -2.50. The second-order valence-electron chi connectivity index (χ2n) is 3.36. The van der Waals surface area contributed by atoms with Crippen LogP contribution in [-0.2, 0) is 0 Å². The van der Waals surface area contributed by atoms with Gasteiger partial charge >= 0.3 is 0 Å². The Morgan fingerprint density at radius 1 is 1.40 bits per heavy atom. The van der Waals surface area contributed by atoms with Crippen LogP contribution in [0, 0.1) is 0 Å². The molecule has 1 atom stereocenters. The summed E-state index contributed by atoms with van der Waals surface area (Å²) in [5.41, 5.74) is 16.6. The zero-order valence-electron chi connectivity index (χ0n) is 6.93. The van der Waals surface area contributed by atoms with Crippen LogP contribution in [0.5, 0.6) is 0 Å². The Kier molecular flexibility index (Phi) is 3.86. The third-order valence-electron chi connectivity index (χ3n) is 1.67. The van der Waals surface area contributed by atoms with Crippen molar-refractivity contribution >= 4 is 0 Å². The van der Waals surface area contributed by atoms with Crippen molar-refractivity contribution in [2.24, 2.45) is 17.2 Å². The van der Waals surface area contributed by atoms with Crippen molar-refractivity contribution in [2.45, 2.75) is 38.3 Å². The molecule has 1 unspecified atom stereocenters. The monoisotopic (exact) mass is 145 g/mol. The maximum absolute atomic E-state index is 5.76. The quantitative estimate of drug-likeness (QED) is 0.512. The number of hydrogen-bond donors (Lipinski definition) is 3. The van der Waals surface area contributed by atoms with Crippen molar-refractivity contribution in [3.8, 4) is 0 Å². The van der Waals surface area contributed by atoms with Gasteiger partial charge in [-0.3, -0.25) is 0 Å². The van der Waals surface area contributed by atoms with E-state index in [1.165, 1.54) is 0 Å². The SMILES string of the molecule is CC(C)(N)C(N)CCCN. The Balaban J connectivity index is 3.52. The van der Waals surface area contributed by atoms with Gasteiger partial charge in [-0.05, 0) is 33.2 Å². The summed E-state index contributed by atoms with van der Waals surface area (Å²) in [7, 11) is 0. The smallest absolute Gasteiger partial charge is 0.0250 e. The zero-order valence-corrected chi connectivity index (χ0v) is 6.93. The van der Waals surface area contributed by atoms with Crippen LogP contribution >= 0.6 is 0 Å². The molecule has 0 radical (unpaired) electrons. The molecule has 0 bridgehead atoms. The predicted molar refractivity (Wildman–Crippen MR) is 44.5 cm³/mol. The Bertz CT molecular complexity index is 85.3. The van der Waals surface area contributed by atoms with Crippen LogP contribution in [0.15, 0.2) is 0 Å². The molecular formula is C7H19N3. The van der Waals surface area contributed by atoms with E-state index in [4.69, 9.17) is 17.2 Å². The second kappa shape index (κ2) is 3.91. The predicted octanol–water partition coefficient (Wildman–Crippen LogP) is -0.210. The van der Waals surface area contributed by atoms with Crippen molar-refractivity contribution in [1.82, 2.24) is 0 Å². The second-order valence-corrected chi connectivity index (χ2v) is 3.36. The number of rotatable bonds is 4. The molecule has 0 saturated heterocycles. The Hall–Kier alpha value is -0.120. The molecule has 0 amide bonds. The summed E-state index contributed by atoms with van der Waals surface area (Å²) >= 11 is 0. The highest BCUT2D eigenvalue weighted by atomic mass is 14.8. The molecule has 6 N–H and O–H groups in total. The average molecular weight is 145 g/mol. The molecule has 0 rings (SSSR count). The lowest BCUT2D eigenvalue weighted by atomic mass is 9.93. The Labute approximate surface area is 62.9 Å². The summed E-state index contributed by atoms with van der Waals surface area (Å²) in [6.07, 6.45) is 1.88. The standard InChI is InChI=1S/C7H19N3/c1-7(2,10)6(9)4-3-5-8/h6H,3-5,8-10H2,1-2H3. The highest BCUT2D eigenvalue weighted by molar-refractivity contribution is 4.84. The molecule has 10 heavy (non-hydrogen) atoms. The Morgan fingerprint density at radius 3 is 2.20 bits per heavy atom. The fraction of sp³-hybridized carbons (Fsp3) is 1.00. The molecule has 0 aromatic heterocycles. The van der Waals surface area contributed by atoms with E-state index in [1.54, 1.807) is 0 Å². The van der Waals surface area contributed by atoms with Gasteiger partial charge in [0.2, 0.25) is 0 Å². The van der Waals surface area contributed by atoms with E-state index in [-0.39, 0.29) is 11.6 Å². The van der Waals surface area contributed by atoms with E-state index in [2.05, 4.69) is 0 Å². The highest BCUT2D eigenvalue weighted by Crippen LogP contribution is 2.07. The van der Waals surface area contributed by atoms with Crippen molar-refractivity contribution in [1.29, 1.82) is 0 Å². The van der Waals surface area contributed by atoms with Gasteiger partial charge in [-0.2, -0.15) is 0 Å². The molecular weight excluding hydrogens is 126 g/mol. The summed E-state index contributed by atoms with van der Waals surface area (Å²) in [6.45, 7) is 4.58. The van der Waals surface area contributed by atoms with Crippen LogP contribution in [-0.4, -0.2) is 18.1 Å². The molecule has 0 aromatic rings. The maximum atomic E-state index is 5.76. The first-order valence-corrected chi connectivity index (χ1v) is 3.73. The number of hydrogen-bond acceptors (Lipinski definition) is 3. The van der Waals surface area contributed by atoms with Crippen LogP contribution < -0.4 is 17.2 Å². The lowest BCUT2D eigenvalue weighted by molar-refractivity contribution is 0.383. The van der Waals surface area contributed by atoms with E-state index >= 15 is 0 Å². The van der Waals surface area contributed by atoms with Gasteiger partial charge in [-0.25, -0.2) is 0 Å². The van der Waals surface area contributed by atoms with Crippen LogP contribution in [0.1, 0.15) is 26.7 Å². The normalized spacial score (nSPS) is 15.3. The molecule has 0 aliphatic carbocycles. The summed E-state index contributed by atoms with van der Waals surface area (Å²) in [5.74, 6) is 0. The van der Waals surface area contributed by atoms with Crippen LogP contribution in [0.2, 0.25) is 0 Å². The fourth-order valence-electron chi connectivity index (χ4n) is 0.710. The molecule has 3 nitrogen and oxygen atoms in total. The maximum Gasteiger partial charge on any atom is 0.0250 e. The van der Waals surface area contributed by atoms with E-state index in [9.17, 15) is 0 Å². The first-order chi connectivity index (χ1) is 4.48. The molecule has 0 aromatic carbocycles. The first-order valence-electron chi connectivity index (χ1n) is 3.73. The van der Waals surface area contributed by atoms with Gasteiger partial charge in [0.15, 0.2) is 0 Å². The average Bonchev–Trinajstić information content (AvgIpc) is 1.80. The lowest BCUT2D eigenvalue weighted by Gasteiger charge is -2.26. The molecule has 0 fully saturated rings. The molecule has 0 saturated carbocycles. The van der Waals surface area contributed by atoms with E-state index in [0.717, 1.165) is 12.8 Å². The highest BCUT2D eigenvalue weighted by Gasteiger charge is 2.19. The van der Waals surface area contributed by atoms with Gasteiger partial charge in [0.05, 0.1) is 0 Å². The number of nitrogens with two attached hydrogens (primary N) is 3. The summed E-state index contributed by atoms with van der Waals surface area (Å²) in [4.78, 5) is 0. The molecule has 0 aliphatic rings. The first kappa shape index (κ1) is 9.88. The van der Waals surface area contributed by atoms with E-state index in [0.29, 0.717) is 6.54 Å². The molecule has 3 heteroatoms. The Morgan fingerprint density at radius 2 is 1.90 bits per heavy atom. The van der Waals surface area contributed by atoms with Crippen molar-refractivity contribution in [3.05, 3.63) is 0 Å². The van der Waals surface area contributed by atoms with Gasteiger partial charge in [-0.1, -0.05) is 0 Å². The van der Waals surface area contributed by atoms with Crippen LogP contribution in [0.3, 0.4) is 0 Å². The van der Waals surface area contributed by atoms with Crippen LogP contribution in [0.25, 0.3) is 0 Å². The van der Waals surface area contributed by atoms with Crippen molar-refractivity contribution in [2.75, 3.05) is 6.54 Å². The summed E-state index contributed by atoms with van der Waals surface area (Å²) < 4.78 is 0.